The first-order chi connectivity index (χ1) is 21.0. The summed E-state index contributed by atoms with van der Waals surface area (Å²) >= 11 is 0. The number of unbranched alkanes of at least 4 members (excludes halogenated alkanes) is 4. The summed E-state index contributed by atoms with van der Waals surface area (Å²) in [6.45, 7) is 7.44. The number of benzene rings is 1. The highest BCUT2D eigenvalue weighted by molar-refractivity contribution is 5.92. The number of primary amides is 1. The molecule has 5 amide bonds. The first kappa shape index (κ1) is 38.4. The zero-order chi connectivity index (χ0) is 32.9. The molecule has 0 spiro atoms. The maximum Gasteiger partial charge on any atom is 0.412 e. The number of carbonyl (C=O) groups excluding carboxylic acids is 5. The molecule has 0 saturated heterocycles. The number of amides is 5. The molecule has 1 aromatic carbocycles. The van der Waals surface area contributed by atoms with E-state index < -0.39 is 24.1 Å². The maximum atomic E-state index is 13.6. The molecule has 1 rings (SSSR count). The summed E-state index contributed by atoms with van der Waals surface area (Å²) in [6, 6.07) is 5.07. The Morgan fingerprint density at radius 3 is 2.14 bits per heavy atom. The molecule has 1 aromatic rings. The lowest BCUT2D eigenvalue weighted by Gasteiger charge is -2.26. The van der Waals surface area contributed by atoms with Crippen LogP contribution >= 0.6 is 0 Å². The fourth-order valence-electron chi connectivity index (χ4n) is 4.34. The van der Waals surface area contributed by atoms with E-state index in [1.54, 1.807) is 24.3 Å². The highest BCUT2D eigenvalue weighted by Crippen LogP contribution is 2.15. The van der Waals surface area contributed by atoms with E-state index in [1.165, 1.54) is 0 Å². The van der Waals surface area contributed by atoms with E-state index in [0.717, 1.165) is 31.2 Å². The van der Waals surface area contributed by atoms with Crippen LogP contribution in [0, 0.1) is 5.92 Å². The lowest BCUT2D eigenvalue weighted by atomic mass is 9.97. The number of rotatable bonds is 22. The largest absolute Gasteiger partial charge is 0.412 e. The second-order valence-corrected chi connectivity index (χ2v) is 11.5. The SMILES string of the molecule is CCCCCC(=O)N[C@@H](Cc1ccc(OC(=O)NCCN(C)C)cc1)C(=O)N[C@H](C(=O)NCCCCCC(N)=O)[C@@H](C)CC. The Hall–Kier alpha value is -3.67. The van der Waals surface area contributed by atoms with Gasteiger partial charge in [0, 0.05) is 38.9 Å². The molecule has 0 aliphatic carbocycles. The van der Waals surface area contributed by atoms with E-state index in [9.17, 15) is 24.0 Å². The predicted molar refractivity (Wildman–Crippen MR) is 171 cm³/mol. The first-order valence-electron chi connectivity index (χ1n) is 15.8. The van der Waals surface area contributed by atoms with Gasteiger partial charge < -0.3 is 36.6 Å². The van der Waals surface area contributed by atoms with Crippen molar-refractivity contribution in [1.82, 2.24) is 26.2 Å². The topological polar surface area (TPSA) is 172 Å². The quantitative estimate of drug-likeness (QED) is 0.124. The van der Waals surface area contributed by atoms with Gasteiger partial charge in [0.05, 0.1) is 0 Å². The van der Waals surface area contributed by atoms with E-state index in [0.29, 0.717) is 57.5 Å². The Labute approximate surface area is 262 Å². The summed E-state index contributed by atoms with van der Waals surface area (Å²) in [5, 5.41) is 11.3. The third-order valence-corrected chi connectivity index (χ3v) is 7.25. The molecule has 6 N–H and O–H groups in total. The molecule has 12 nitrogen and oxygen atoms in total. The van der Waals surface area contributed by atoms with Gasteiger partial charge in [0.1, 0.15) is 17.8 Å². The number of hydrogen-bond donors (Lipinski definition) is 5. The van der Waals surface area contributed by atoms with Crippen molar-refractivity contribution < 1.29 is 28.7 Å². The average molecular weight is 619 g/mol. The lowest BCUT2D eigenvalue weighted by Crippen LogP contribution is -2.56. The number of nitrogens with two attached hydrogens (primary N) is 1. The Morgan fingerprint density at radius 2 is 1.52 bits per heavy atom. The normalized spacial score (nSPS) is 13.0. The molecule has 0 aliphatic heterocycles. The van der Waals surface area contributed by atoms with Crippen molar-refractivity contribution in [3.8, 4) is 5.75 Å². The van der Waals surface area contributed by atoms with Gasteiger partial charge in [0.2, 0.25) is 23.6 Å². The molecule has 3 atom stereocenters. The number of nitrogens with zero attached hydrogens (tertiary/aromatic N) is 1. The van der Waals surface area contributed by atoms with Gasteiger partial charge in [0.25, 0.3) is 0 Å². The van der Waals surface area contributed by atoms with Crippen molar-refractivity contribution in [1.29, 1.82) is 0 Å². The van der Waals surface area contributed by atoms with Gasteiger partial charge in [-0.2, -0.15) is 0 Å². The second kappa shape index (κ2) is 21.9. The van der Waals surface area contributed by atoms with Crippen molar-refractivity contribution >= 4 is 29.7 Å². The van der Waals surface area contributed by atoms with Gasteiger partial charge in [-0.05, 0) is 57.0 Å². The third-order valence-electron chi connectivity index (χ3n) is 7.25. The van der Waals surface area contributed by atoms with Crippen LogP contribution in [0.2, 0.25) is 0 Å². The lowest BCUT2D eigenvalue weighted by molar-refractivity contribution is -0.133. The Balaban J connectivity index is 2.92. The minimum atomic E-state index is -0.904. The molecular weight excluding hydrogens is 564 g/mol. The minimum absolute atomic E-state index is 0.143. The summed E-state index contributed by atoms with van der Waals surface area (Å²) in [5.74, 6) is -1.10. The summed E-state index contributed by atoms with van der Waals surface area (Å²) in [7, 11) is 3.82. The number of hydrogen-bond acceptors (Lipinski definition) is 7. The highest BCUT2D eigenvalue weighted by Gasteiger charge is 2.30. The molecule has 0 radical (unpaired) electrons. The highest BCUT2D eigenvalue weighted by atomic mass is 16.6. The molecule has 248 valence electrons. The van der Waals surface area contributed by atoms with E-state index in [1.807, 2.05) is 32.8 Å². The van der Waals surface area contributed by atoms with Crippen molar-refractivity contribution in [3.63, 3.8) is 0 Å². The van der Waals surface area contributed by atoms with Gasteiger partial charge >= 0.3 is 6.09 Å². The molecule has 0 aliphatic rings. The van der Waals surface area contributed by atoms with Crippen molar-refractivity contribution in [2.24, 2.45) is 11.7 Å². The molecule has 0 bridgehead atoms. The van der Waals surface area contributed by atoms with Crippen LogP contribution in [0.25, 0.3) is 0 Å². The van der Waals surface area contributed by atoms with Crippen molar-refractivity contribution in [2.75, 3.05) is 33.7 Å². The van der Waals surface area contributed by atoms with Gasteiger partial charge in [-0.15, -0.1) is 0 Å². The smallest absolute Gasteiger partial charge is 0.410 e. The maximum absolute atomic E-state index is 13.6. The van der Waals surface area contributed by atoms with Crippen LogP contribution in [-0.2, 0) is 25.6 Å². The summed E-state index contributed by atoms with van der Waals surface area (Å²) in [5.41, 5.74) is 5.92. The fourth-order valence-corrected chi connectivity index (χ4v) is 4.34. The summed E-state index contributed by atoms with van der Waals surface area (Å²) in [4.78, 5) is 64.3. The van der Waals surface area contributed by atoms with Crippen LogP contribution in [0.5, 0.6) is 5.75 Å². The summed E-state index contributed by atoms with van der Waals surface area (Å²) < 4.78 is 5.32. The second-order valence-electron chi connectivity index (χ2n) is 11.5. The van der Waals surface area contributed by atoms with Crippen LogP contribution in [0.1, 0.15) is 84.1 Å². The monoisotopic (exact) mass is 618 g/mol. The van der Waals surface area contributed by atoms with E-state index >= 15 is 0 Å². The predicted octanol–water partition coefficient (Wildman–Crippen LogP) is 2.64. The van der Waals surface area contributed by atoms with Crippen LogP contribution in [0.4, 0.5) is 4.79 Å². The molecular formula is C32H54N6O6. The van der Waals surface area contributed by atoms with Gasteiger partial charge in [-0.3, -0.25) is 19.2 Å². The van der Waals surface area contributed by atoms with Crippen LogP contribution in [0.15, 0.2) is 24.3 Å². The van der Waals surface area contributed by atoms with Crippen molar-refractivity contribution in [3.05, 3.63) is 29.8 Å². The van der Waals surface area contributed by atoms with Crippen LogP contribution in [-0.4, -0.2) is 80.4 Å². The molecule has 0 saturated carbocycles. The van der Waals surface area contributed by atoms with E-state index in [2.05, 4.69) is 28.2 Å². The zero-order valence-corrected chi connectivity index (χ0v) is 27.2. The summed E-state index contributed by atoms with van der Waals surface area (Å²) in [6.07, 6.45) is 5.61. The standard InChI is InChI=1S/C32H54N6O6/c1-6-8-10-14-28(40)36-26(22-24-15-17-25(18-16-24)44-32(43)35-20-21-38(4)5)30(41)37-29(23(3)7-2)31(42)34-19-12-9-11-13-27(33)39/h15-18,23,26,29H,6-14,19-22H2,1-5H3,(H2,33,39)(H,34,42)(H,35,43)(H,36,40)(H,37,41)/t23-,26-,29-/m0/s1. The van der Waals surface area contributed by atoms with Crippen molar-refractivity contribution in [2.45, 2.75) is 97.1 Å². The zero-order valence-electron chi connectivity index (χ0n) is 27.2. The third kappa shape index (κ3) is 16.8. The number of ether oxygens (including phenoxy) is 1. The Bertz CT molecular complexity index is 1030. The molecule has 0 fully saturated rings. The molecule has 0 heterocycles. The average Bonchev–Trinajstić information content (AvgIpc) is 2.97. The van der Waals surface area contributed by atoms with E-state index in [-0.39, 0.29) is 30.1 Å². The molecule has 44 heavy (non-hydrogen) atoms. The number of carbonyl (C=O) groups is 5. The van der Waals surface area contributed by atoms with E-state index in [4.69, 9.17) is 10.5 Å². The van der Waals surface area contributed by atoms with Crippen LogP contribution in [0.3, 0.4) is 0 Å². The molecule has 0 aromatic heterocycles. The number of nitrogens with one attached hydrogen (secondary N) is 4. The number of likely N-dealkylation sites (N-methyl/N-ethyl adjacent to an activating group) is 1. The Morgan fingerprint density at radius 1 is 0.841 bits per heavy atom. The van der Waals surface area contributed by atoms with Gasteiger partial charge in [-0.25, -0.2) is 4.79 Å². The van der Waals surface area contributed by atoms with Crippen LogP contribution < -0.4 is 31.7 Å². The molecule has 12 heteroatoms. The first-order valence-corrected chi connectivity index (χ1v) is 15.8. The Kier molecular flexibility index (Phi) is 19.1. The fraction of sp³-hybridized carbons (Fsp3) is 0.656. The van der Waals surface area contributed by atoms with Gasteiger partial charge in [-0.1, -0.05) is 58.6 Å². The van der Waals surface area contributed by atoms with Gasteiger partial charge in [0.15, 0.2) is 0 Å². The molecule has 0 unspecified atom stereocenters. The minimum Gasteiger partial charge on any atom is -0.410 e.